The van der Waals surface area contributed by atoms with Crippen LogP contribution in [0.25, 0.3) is 0 Å². The summed E-state index contributed by atoms with van der Waals surface area (Å²) in [6, 6.07) is 0. The Morgan fingerprint density at radius 1 is 1.33 bits per heavy atom. The Bertz CT molecular complexity index is 219. The van der Waals surface area contributed by atoms with E-state index in [-0.39, 0.29) is 10.6 Å². The van der Waals surface area contributed by atoms with Gasteiger partial charge < -0.3 is 14.5 Å². The summed E-state index contributed by atoms with van der Waals surface area (Å²) in [5, 5.41) is 3.47. The summed E-state index contributed by atoms with van der Waals surface area (Å²) in [5.74, 6) is 0. The normalized spacial score (nSPS) is 21.2. The van der Waals surface area contributed by atoms with Crippen LogP contribution in [0.4, 0.5) is 0 Å². The van der Waals surface area contributed by atoms with Gasteiger partial charge in [-0.1, -0.05) is 20.8 Å². The van der Waals surface area contributed by atoms with Crippen molar-refractivity contribution in [1.29, 1.82) is 0 Å². The summed E-state index contributed by atoms with van der Waals surface area (Å²) in [6.07, 6.45) is 0. The minimum atomic E-state index is -1.67. The van der Waals surface area contributed by atoms with Gasteiger partial charge in [-0.15, -0.1) is 0 Å². The zero-order chi connectivity index (χ0) is 11.7. The van der Waals surface area contributed by atoms with Crippen LogP contribution in [0.1, 0.15) is 20.8 Å². The zero-order valence-electron chi connectivity index (χ0n) is 10.9. The number of rotatable bonds is 4. The number of hydrogen-bond donors (Lipinski definition) is 1. The number of likely N-dealkylation sites (N-methyl/N-ethyl adjacent to an activating group) is 1. The summed E-state index contributed by atoms with van der Waals surface area (Å²) in [4.78, 5) is 0. The first-order valence-corrected chi connectivity index (χ1v) is 8.56. The Labute approximate surface area is 94.7 Å². The standard InChI is InChI=1S/C11H25NO2Si/c1-10(2,3)15(5,6)14-11(7-12-4)8-13-9-11/h12H,7-9H2,1-6H3. The van der Waals surface area contributed by atoms with Crippen molar-refractivity contribution in [2.75, 3.05) is 26.8 Å². The SMILES string of the molecule is CNCC1(O[Si](C)(C)C(C)(C)C)COC1. The van der Waals surface area contributed by atoms with Crippen LogP contribution in [0, 0.1) is 0 Å². The second-order valence-corrected chi connectivity index (χ2v) is 10.8. The van der Waals surface area contributed by atoms with Gasteiger partial charge >= 0.3 is 0 Å². The summed E-state index contributed by atoms with van der Waals surface area (Å²) >= 11 is 0. The maximum Gasteiger partial charge on any atom is 0.193 e. The number of hydrogen-bond acceptors (Lipinski definition) is 3. The quantitative estimate of drug-likeness (QED) is 0.751. The third-order valence-electron chi connectivity index (χ3n) is 3.51. The van der Waals surface area contributed by atoms with Crippen LogP contribution in [0.2, 0.25) is 18.1 Å². The first-order valence-electron chi connectivity index (χ1n) is 5.65. The molecule has 0 aromatic rings. The van der Waals surface area contributed by atoms with E-state index in [1.807, 2.05) is 7.05 Å². The average Bonchev–Trinajstić information content (AvgIpc) is 1.98. The van der Waals surface area contributed by atoms with E-state index in [4.69, 9.17) is 9.16 Å². The molecule has 0 saturated carbocycles. The molecule has 1 rings (SSSR count). The van der Waals surface area contributed by atoms with E-state index >= 15 is 0 Å². The van der Waals surface area contributed by atoms with Crippen LogP contribution in [0.15, 0.2) is 0 Å². The molecule has 3 nitrogen and oxygen atoms in total. The summed E-state index contributed by atoms with van der Waals surface area (Å²) in [7, 11) is 0.300. The molecular formula is C11H25NO2Si. The van der Waals surface area contributed by atoms with Crippen molar-refractivity contribution in [3.05, 3.63) is 0 Å². The van der Waals surface area contributed by atoms with Gasteiger partial charge in [-0.2, -0.15) is 0 Å². The first-order chi connectivity index (χ1) is 6.72. The molecule has 1 saturated heterocycles. The molecule has 1 fully saturated rings. The lowest BCUT2D eigenvalue weighted by Gasteiger charge is -2.49. The summed E-state index contributed by atoms with van der Waals surface area (Å²) in [6.45, 7) is 13.8. The van der Waals surface area contributed by atoms with Gasteiger partial charge in [0.25, 0.3) is 0 Å². The molecule has 0 aromatic carbocycles. The Balaban J connectivity index is 2.66. The second kappa shape index (κ2) is 4.16. The van der Waals surface area contributed by atoms with Crippen LogP contribution in [-0.4, -0.2) is 40.7 Å². The zero-order valence-corrected chi connectivity index (χ0v) is 11.9. The van der Waals surface area contributed by atoms with E-state index in [1.165, 1.54) is 0 Å². The van der Waals surface area contributed by atoms with Crippen molar-refractivity contribution in [2.45, 2.75) is 44.5 Å². The minimum absolute atomic E-state index is 0.0578. The van der Waals surface area contributed by atoms with E-state index in [0.717, 1.165) is 19.8 Å². The van der Waals surface area contributed by atoms with Gasteiger partial charge in [0.2, 0.25) is 0 Å². The molecule has 0 spiro atoms. The maximum atomic E-state index is 6.42. The summed E-state index contributed by atoms with van der Waals surface area (Å²) in [5.41, 5.74) is -0.0578. The number of nitrogens with one attached hydrogen (secondary N) is 1. The van der Waals surface area contributed by atoms with E-state index in [9.17, 15) is 0 Å². The highest BCUT2D eigenvalue weighted by Crippen LogP contribution is 2.40. The molecule has 0 unspecified atom stereocenters. The maximum absolute atomic E-state index is 6.42. The van der Waals surface area contributed by atoms with Crippen LogP contribution in [-0.2, 0) is 9.16 Å². The third kappa shape index (κ3) is 2.81. The van der Waals surface area contributed by atoms with E-state index in [0.29, 0.717) is 0 Å². The van der Waals surface area contributed by atoms with Gasteiger partial charge in [0.1, 0.15) is 5.60 Å². The highest BCUT2D eigenvalue weighted by Gasteiger charge is 2.48. The number of ether oxygens (including phenoxy) is 1. The Morgan fingerprint density at radius 2 is 1.87 bits per heavy atom. The van der Waals surface area contributed by atoms with Gasteiger partial charge in [0, 0.05) is 6.54 Å². The van der Waals surface area contributed by atoms with Crippen molar-refractivity contribution >= 4 is 8.32 Å². The van der Waals surface area contributed by atoms with Gasteiger partial charge in [0.15, 0.2) is 8.32 Å². The predicted octanol–water partition coefficient (Wildman–Crippen LogP) is 2.00. The molecule has 0 amide bonds. The Kier molecular flexibility index (Phi) is 3.65. The van der Waals surface area contributed by atoms with Gasteiger partial charge in [-0.05, 0) is 25.2 Å². The fraction of sp³-hybridized carbons (Fsp3) is 1.00. The Hall–Kier alpha value is 0.0969. The monoisotopic (exact) mass is 231 g/mol. The molecule has 90 valence electrons. The largest absolute Gasteiger partial charge is 0.405 e. The predicted molar refractivity (Wildman–Crippen MR) is 65.8 cm³/mol. The molecule has 0 aliphatic carbocycles. The highest BCUT2D eigenvalue weighted by atomic mass is 28.4. The lowest BCUT2D eigenvalue weighted by atomic mass is 10.0. The summed E-state index contributed by atoms with van der Waals surface area (Å²) < 4.78 is 11.7. The lowest BCUT2D eigenvalue weighted by molar-refractivity contribution is -0.164. The van der Waals surface area contributed by atoms with E-state index in [2.05, 4.69) is 39.2 Å². The van der Waals surface area contributed by atoms with Crippen LogP contribution in [0.5, 0.6) is 0 Å². The third-order valence-corrected chi connectivity index (χ3v) is 8.06. The molecule has 4 heteroatoms. The van der Waals surface area contributed by atoms with Crippen molar-refractivity contribution < 1.29 is 9.16 Å². The van der Waals surface area contributed by atoms with E-state index in [1.54, 1.807) is 0 Å². The lowest BCUT2D eigenvalue weighted by Crippen LogP contribution is -2.63. The van der Waals surface area contributed by atoms with Crippen molar-refractivity contribution in [2.24, 2.45) is 0 Å². The van der Waals surface area contributed by atoms with Crippen LogP contribution >= 0.6 is 0 Å². The average molecular weight is 231 g/mol. The van der Waals surface area contributed by atoms with Gasteiger partial charge in [0.05, 0.1) is 13.2 Å². The van der Waals surface area contributed by atoms with Crippen molar-refractivity contribution in [3.63, 3.8) is 0 Å². The fourth-order valence-electron chi connectivity index (χ4n) is 1.54. The fourth-order valence-corrected chi connectivity index (χ4v) is 3.12. The molecule has 1 aliphatic heterocycles. The minimum Gasteiger partial charge on any atom is -0.405 e. The molecular weight excluding hydrogens is 206 g/mol. The smallest absolute Gasteiger partial charge is 0.193 e. The van der Waals surface area contributed by atoms with Gasteiger partial charge in [-0.3, -0.25) is 0 Å². The van der Waals surface area contributed by atoms with Crippen LogP contribution < -0.4 is 5.32 Å². The molecule has 0 radical (unpaired) electrons. The van der Waals surface area contributed by atoms with Crippen LogP contribution in [0.3, 0.4) is 0 Å². The van der Waals surface area contributed by atoms with Crippen molar-refractivity contribution in [1.82, 2.24) is 5.32 Å². The molecule has 1 aliphatic rings. The molecule has 1 N–H and O–H groups in total. The highest BCUT2D eigenvalue weighted by molar-refractivity contribution is 6.74. The first kappa shape index (κ1) is 13.2. The molecule has 1 heterocycles. The van der Waals surface area contributed by atoms with Crippen molar-refractivity contribution in [3.8, 4) is 0 Å². The second-order valence-electron chi connectivity index (χ2n) is 6.07. The van der Waals surface area contributed by atoms with E-state index < -0.39 is 8.32 Å². The molecule has 0 aromatic heterocycles. The molecule has 15 heavy (non-hydrogen) atoms. The molecule has 0 bridgehead atoms. The topological polar surface area (TPSA) is 30.5 Å². The Morgan fingerprint density at radius 3 is 2.13 bits per heavy atom. The van der Waals surface area contributed by atoms with Gasteiger partial charge in [-0.25, -0.2) is 0 Å². The molecule has 0 atom stereocenters.